The van der Waals surface area contributed by atoms with Crippen LogP contribution in [-0.4, -0.2) is 21.7 Å². The van der Waals surface area contributed by atoms with Crippen molar-refractivity contribution in [3.05, 3.63) is 11.4 Å². The van der Waals surface area contributed by atoms with Crippen LogP contribution in [0.15, 0.2) is 0 Å². The number of aromatic nitrogens is 2. The van der Waals surface area contributed by atoms with Crippen molar-refractivity contribution in [2.75, 3.05) is 5.73 Å². The molecule has 0 spiro atoms. The van der Waals surface area contributed by atoms with E-state index in [1.807, 2.05) is 13.8 Å². The lowest BCUT2D eigenvalue weighted by molar-refractivity contribution is -0.122. The first kappa shape index (κ1) is 12.2. The van der Waals surface area contributed by atoms with Crippen LogP contribution in [0.2, 0.25) is 0 Å². The number of carbonyl (C=O) groups is 1. The van der Waals surface area contributed by atoms with Gasteiger partial charge in [-0.25, -0.2) is 0 Å². The summed E-state index contributed by atoms with van der Waals surface area (Å²) >= 11 is 0. The SMILES string of the molecule is Cc1nn(CC(=O)NC2C3C4CCC(C4)C23)c(C)c1N. The van der Waals surface area contributed by atoms with Crippen LogP contribution in [0.3, 0.4) is 0 Å². The number of nitrogens with two attached hydrogens (primary N) is 1. The van der Waals surface area contributed by atoms with Crippen molar-refractivity contribution >= 4 is 11.6 Å². The molecule has 3 aliphatic rings. The van der Waals surface area contributed by atoms with Crippen LogP contribution >= 0.6 is 0 Å². The summed E-state index contributed by atoms with van der Waals surface area (Å²) in [5.41, 5.74) is 8.28. The van der Waals surface area contributed by atoms with Crippen molar-refractivity contribution in [1.82, 2.24) is 15.1 Å². The Balaban J connectivity index is 1.39. The van der Waals surface area contributed by atoms with Gasteiger partial charge in [0.2, 0.25) is 5.91 Å². The van der Waals surface area contributed by atoms with Crippen LogP contribution in [-0.2, 0) is 11.3 Å². The topological polar surface area (TPSA) is 72.9 Å². The molecule has 20 heavy (non-hydrogen) atoms. The van der Waals surface area contributed by atoms with E-state index in [-0.39, 0.29) is 12.5 Å². The number of nitrogen functional groups attached to an aromatic ring is 1. The quantitative estimate of drug-likeness (QED) is 0.871. The molecule has 4 unspecified atom stereocenters. The maximum absolute atomic E-state index is 12.2. The average Bonchev–Trinajstić information content (AvgIpc) is 2.74. The zero-order valence-electron chi connectivity index (χ0n) is 12.1. The smallest absolute Gasteiger partial charge is 0.241 e. The molecule has 4 rings (SSSR count). The molecule has 1 amide bonds. The van der Waals surface area contributed by atoms with E-state index in [4.69, 9.17) is 5.73 Å². The summed E-state index contributed by atoms with van der Waals surface area (Å²) < 4.78 is 1.72. The largest absolute Gasteiger partial charge is 0.396 e. The van der Waals surface area contributed by atoms with Gasteiger partial charge in [-0.1, -0.05) is 0 Å². The Kier molecular flexibility index (Phi) is 2.44. The van der Waals surface area contributed by atoms with Gasteiger partial charge in [-0.2, -0.15) is 5.10 Å². The summed E-state index contributed by atoms with van der Waals surface area (Å²) in [4.78, 5) is 12.2. The number of fused-ring (bicyclic) bond motifs is 5. The maximum Gasteiger partial charge on any atom is 0.241 e. The first-order valence-electron chi connectivity index (χ1n) is 7.65. The van der Waals surface area contributed by atoms with Crippen molar-refractivity contribution in [1.29, 1.82) is 0 Å². The first-order valence-corrected chi connectivity index (χ1v) is 7.65. The molecule has 5 nitrogen and oxygen atoms in total. The molecule has 3 saturated carbocycles. The summed E-state index contributed by atoms with van der Waals surface area (Å²) in [7, 11) is 0. The highest BCUT2D eigenvalue weighted by atomic mass is 16.2. The van der Waals surface area contributed by atoms with Crippen LogP contribution in [0, 0.1) is 37.5 Å². The molecule has 0 aromatic carbocycles. The number of hydrogen-bond acceptors (Lipinski definition) is 3. The van der Waals surface area contributed by atoms with E-state index in [0.29, 0.717) is 11.7 Å². The normalized spacial score (nSPS) is 37.0. The molecule has 3 fully saturated rings. The summed E-state index contributed by atoms with van der Waals surface area (Å²) in [6.45, 7) is 4.07. The molecular weight excluding hydrogens is 252 g/mol. The van der Waals surface area contributed by atoms with Gasteiger partial charge in [0.05, 0.1) is 17.1 Å². The molecule has 0 saturated heterocycles. The second-order valence-corrected chi connectivity index (χ2v) is 6.82. The summed E-state index contributed by atoms with van der Waals surface area (Å²) in [6, 6.07) is 0.447. The molecule has 5 heteroatoms. The van der Waals surface area contributed by atoms with Crippen LogP contribution in [0.25, 0.3) is 0 Å². The van der Waals surface area contributed by atoms with Gasteiger partial charge in [-0.05, 0) is 56.8 Å². The van der Waals surface area contributed by atoms with Gasteiger partial charge >= 0.3 is 0 Å². The highest BCUT2D eigenvalue weighted by Crippen LogP contribution is 2.65. The maximum atomic E-state index is 12.2. The molecule has 4 atom stereocenters. The van der Waals surface area contributed by atoms with Crippen molar-refractivity contribution in [2.24, 2.45) is 23.7 Å². The van der Waals surface area contributed by atoms with Crippen molar-refractivity contribution in [2.45, 2.75) is 45.7 Å². The number of aryl methyl sites for hydroxylation is 1. The highest BCUT2D eigenvalue weighted by molar-refractivity contribution is 5.77. The van der Waals surface area contributed by atoms with Crippen molar-refractivity contribution in [3.63, 3.8) is 0 Å². The Bertz CT molecular complexity index is 563. The van der Waals surface area contributed by atoms with Gasteiger partial charge in [-0.3, -0.25) is 9.48 Å². The molecule has 2 bridgehead atoms. The summed E-state index contributed by atoms with van der Waals surface area (Å²) in [6.07, 6.45) is 4.17. The lowest BCUT2D eigenvalue weighted by Crippen LogP contribution is -2.33. The number of amides is 1. The van der Waals surface area contributed by atoms with Crippen LogP contribution in [0.4, 0.5) is 5.69 Å². The number of hydrogen-bond donors (Lipinski definition) is 2. The molecule has 0 radical (unpaired) electrons. The number of nitrogens with one attached hydrogen (secondary N) is 1. The van der Waals surface area contributed by atoms with Gasteiger partial charge in [-0.15, -0.1) is 0 Å². The van der Waals surface area contributed by atoms with E-state index in [9.17, 15) is 4.79 Å². The average molecular weight is 274 g/mol. The fraction of sp³-hybridized carbons (Fsp3) is 0.733. The predicted octanol–water partition coefficient (Wildman–Crippen LogP) is 1.24. The molecule has 1 aromatic heterocycles. The van der Waals surface area contributed by atoms with Gasteiger partial charge in [0, 0.05) is 6.04 Å². The lowest BCUT2D eigenvalue weighted by Gasteiger charge is -2.11. The number of anilines is 1. The standard InChI is InChI=1S/C15H22N4O/c1-7-14(16)8(2)19(18-7)6-11(20)17-15-12-9-3-4-10(5-9)13(12)15/h9-10,12-13,15H,3-6,16H2,1-2H3,(H,17,20). The minimum atomic E-state index is 0.0781. The van der Waals surface area contributed by atoms with E-state index in [0.717, 1.165) is 35.1 Å². The fourth-order valence-electron chi connectivity index (χ4n) is 4.75. The Labute approximate surface area is 118 Å². The summed E-state index contributed by atoms with van der Waals surface area (Å²) in [5, 5.41) is 7.54. The highest BCUT2D eigenvalue weighted by Gasteiger charge is 2.65. The van der Waals surface area contributed by atoms with Gasteiger partial charge < -0.3 is 11.1 Å². The Morgan fingerprint density at radius 3 is 2.55 bits per heavy atom. The molecule has 1 heterocycles. The van der Waals surface area contributed by atoms with E-state index in [1.165, 1.54) is 19.3 Å². The van der Waals surface area contributed by atoms with Gasteiger partial charge in [0.1, 0.15) is 6.54 Å². The molecule has 3 aliphatic carbocycles. The second-order valence-electron chi connectivity index (χ2n) is 6.82. The molecular formula is C15H22N4O. The number of nitrogens with zero attached hydrogens (tertiary/aromatic N) is 2. The van der Waals surface area contributed by atoms with Crippen LogP contribution in [0.5, 0.6) is 0 Å². The molecule has 1 aromatic rings. The van der Waals surface area contributed by atoms with Crippen LogP contribution in [0.1, 0.15) is 30.7 Å². The molecule has 108 valence electrons. The molecule has 0 aliphatic heterocycles. The third-order valence-corrected chi connectivity index (χ3v) is 5.79. The van der Waals surface area contributed by atoms with Crippen molar-refractivity contribution in [3.8, 4) is 0 Å². The second kappa shape index (κ2) is 3.99. The minimum absolute atomic E-state index is 0.0781. The Morgan fingerprint density at radius 1 is 1.35 bits per heavy atom. The first-order chi connectivity index (χ1) is 9.56. The number of carbonyl (C=O) groups excluding carboxylic acids is 1. The third kappa shape index (κ3) is 1.61. The summed E-state index contributed by atoms with van der Waals surface area (Å²) in [5.74, 6) is 3.42. The zero-order valence-corrected chi connectivity index (χ0v) is 12.1. The lowest BCUT2D eigenvalue weighted by atomic mass is 10.0. The zero-order chi connectivity index (χ0) is 14.0. The minimum Gasteiger partial charge on any atom is -0.396 e. The van der Waals surface area contributed by atoms with Gasteiger partial charge in [0.15, 0.2) is 0 Å². The van der Waals surface area contributed by atoms with E-state index in [2.05, 4.69) is 10.4 Å². The molecule has 3 N–H and O–H groups in total. The Morgan fingerprint density at radius 2 is 2.00 bits per heavy atom. The van der Waals surface area contributed by atoms with E-state index < -0.39 is 0 Å². The van der Waals surface area contributed by atoms with E-state index >= 15 is 0 Å². The predicted molar refractivity (Wildman–Crippen MR) is 75.9 cm³/mol. The monoisotopic (exact) mass is 274 g/mol. The Hall–Kier alpha value is -1.52. The van der Waals surface area contributed by atoms with Crippen LogP contribution < -0.4 is 11.1 Å². The fourth-order valence-corrected chi connectivity index (χ4v) is 4.75. The van der Waals surface area contributed by atoms with Crippen molar-refractivity contribution < 1.29 is 4.79 Å². The third-order valence-electron chi connectivity index (χ3n) is 5.79. The van der Waals surface area contributed by atoms with Gasteiger partial charge in [0.25, 0.3) is 0 Å². The number of rotatable bonds is 3. The van der Waals surface area contributed by atoms with E-state index in [1.54, 1.807) is 4.68 Å².